The van der Waals surface area contributed by atoms with Gasteiger partial charge >= 0.3 is 0 Å². The van der Waals surface area contributed by atoms with E-state index in [1.165, 1.54) is 12.1 Å². The zero-order chi connectivity index (χ0) is 15.9. The van der Waals surface area contributed by atoms with E-state index in [-0.39, 0.29) is 11.7 Å². The number of halogens is 1. The van der Waals surface area contributed by atoms with Crippen LogP contribution in [0.1, 0.15) is 29.9 Å². The third-order valence-electron chi connectivity index (χ3n) is 3.44. The van der Waals surface area contributed by atoms with Gasteiger partial charge in [-0.25, -0.2) is 4.39 Å². The first-order chi connectivity index (χ1) is 10.6. The Balaban J connectivity index is 2.05. The smallest absolute Gasteiger partial charge is 0.272 e. The van der Waals surface area contributed by atoms with Crippen LogP contribution in [0, 0.1) is 5.82 Å². The Kier molecular flexibility index (Phi) is 5.47. The molecule has 0 spiro atoms. The lowest BCUT2D eigenvalue weighted by atomic mass is 10.2. The highest BCUT2D eigenvalue weighted by Crippen LogP contribution is 2.12. The zero-order valence-corrected chi connectivity index (χ0v) is 12.8. The number of rotatable bonds is 6. The van der Waals surface area contributed by atoms with Gasteiger partial charge in [0.05, 0.1) is 0 Å². The van der Waals surface area contributed by atoms with Crippen molar-refractivity contribution in [3.05, 3.63) is 59.7 Å². The van der Waals surface area contributed by atoms with E-state index in [9.17, 15) is 9.18 Å². The third-order valence-corrected chi connectivity index (χ3v) is 3.44. The molecule has 116 valence electrons. The molecule has 1 amide bonds. The van der Waals surface area contributed by atoms with Crippen LogP contribution in [0.4, 0.5) is 10.1 Å². The predicted octanol–water partition coefficient (Wildman–Crippen LogP) is 3.31. The molecule has 0 unspecified atom stereocenters. The Labute approximate surface area is 130 Å². The molecule has 1 heterocycles. The minimum atomic E-state index is -0.250. The standard InChI is InChI=1S/C17H20FN3O/c1-3-21(4-2)17(22)16-11-15(9-10-19-16)20-12-13-5-7-14(18)8-6-13/h5-11H,3-4,12H2,1-2H3,(H,19,20). The van der Waals surface area contributed by atoms with Crippen molar-refractivity contribution in [2.24, 2.45) is 0 Å². The second-order valence-corrected chi connectivity index (χ2v) is 4.89. The number of nitrogens with zero attached hydrogens (tertiary/aromatic N) is 2. The highest BCUT2D eigenvalue weighted by molar-refractivity contribution is 5.93. The van der Waals surface area contributed by atoms with E-state index < -0.39 is 0 Å². The van der Waals surface area contributed by atoms with Gasteiger partial charge in [-0.3, -0.25) is 9.78 Å². The molecule has 0 atom stereocenters. The summed E-state index contributed by atoms with van der Waals surface area (Å²) in [5.74, 6) is -0.324. The fraction of sp³-hybridized carbons (Fsp3) is 0.294. The first kappa shape index (κ1) is 15.9. The molecule has 0 aliphatic heterocycles. The van der Waals surface area contributed by atoms with Crippen molar-refractivity contribution >= 4 is 11.6 Å². The lowest BCUT2D eigenvalue weighted by molar-refractivity contribution is 0.0767. The molecule has 0 aliphatic rings. The summed E-state index contributed by atoms with van der Waals surface area (Å²) in [6, 6.07) is 9.86. The molecular weight excluding hydrogens is 281 g/mol. The summed E-state index contributed by atoms with van der Waals surface area (Å²) in [5, 5.41) is 3.22. The molecule has 5 heteroatoms. The van der Waals surface area contributed by atoms with Crippen molar-refractivity contribution in [2.75, 3.05) is 18.4 Å². The van der Waals surface area contributed by atoms with Crippen molar-refractivity contribution < 1.29 is 9.18 Å². The van der Waals surface area contributed by atoms with E-state index in [0.29, 0.717) is 25.3 Å². The van der Waals surface area contributed by atoms with Gasteiger partial charge in [-0.1, -0.05) is 12.1 Å². The van der Waals surface area contributed by atoms with E-state index in [1.54, 1.807) is 29.3 Å². The van der Waals surface area contributed by atoms with Gasteiger partial charge < -0.3 is 10.2 Å². The second kappa shape index (κ2) is 7.54. The summed E-state index contributed by atoms with van der Waals surface area (Å²) in [5.41, 5.74) is 2.21. The van der Waals surface area contributed by atoms with Gasteiger partial charge in [0, 0.05) is 31.5 Å². The fourth-order valence-electron chi connectivity index (χ4n) is 2.14. The Morgan fingerprint density at radius 3 is 2.50 bits per heavy atom. The minimum absolute atomic E-state index is 0.0737. The van der Waals surface area contributed by atoms with Crippen molar-refractivity contribution in [1.82, 2.24) is 9.88 Å². The van der Waals surface area contributed by atoms with Crippen LogP contribution in [0.2, 0.25) is 0 Å². The number of carbonyl (C=O) groups is 1. The Bertz CT molecular complexity index is 624. The number of benzene rings is 1. The SMILES string of the molecule is CCN(CC)C(=O)c1cc(NCc2ccc(F)cc2)ccn1. The lowest BCUT2D eigenvalue weighted by Crippen LogP contribution is -2.31. The maximum absolute atomic E-state index is 12.9. The molecule has 22 heavy (non-hydrogen) atoms. The van der Waals surface area contributed by atoms with E-state index in [4.69, 9.17) is 0 Å². The molecule has 0 saturated carbocycles. The third kappa shape index (κ3) is 4.04. The average molecular weight is 301 g/mol. The zero-order valence-electron chi connectivity index (χ0n) is 12.8. The van der Waals surface area contributed by atoms with Crippen LogP contribution in [-0.4, -0.2) is 28.9 Å². The summed E-state index contributed by atoms with van der Waals surface area (Å²) < 4.78 is 12.9. The number of amides is 1. The molecule has 4 nitrogen and oxygen atoms in total. The molecule has 0 radical (unpaired) electrons. The maximum atomic E-state index is 12.9. The maximum Gasteiger partial charge on any atom is 0.272 e. The number of pyridine rings is 1. The normalized spacial score (nSPS) is 10.3. The van der Waals surface area contributed by atoms with Gasteiger partial charge in [0.15, 0.2) is 0 Å². The van der Waals surface area contributed by atoms with Crippen molar-refractivity contribution in [2.45, 2.75) is 20.4 Å². The number of aromatic nitrogens is 1. The number of nitrogens with one attached hydrogen (secondary N) is 1. The summed E-state index contributed by atoms with van der Waals surface area (Å²) >= 11 is 0. The van der Waals surface area contributed by atoms with Crippen LogP contribution in [-0.2, 0) is 6.54 Å². The van der Waals surface area contributed by atoms with Gasteiger partial charge in [-0.15, -0.1) is 0 Å². The monoisotopic (exact) mass is 301 g/mol. The fourth-order valence-corrected chi connectivity index (χ4v) is 2.14. The molecule has 1 N–H and O–H groups in total. The van der Waals surface area contributed by atoms with Crippen molar-refractivity contribution in [3.8, 4) is 0 Å². The predicted molar refractivity (Wildman–Crippen MR) is 85.2 cm³/mol. The molecule has 1 aromatic carbocycles. The van der Waals surface area contributed by atoms with Gasteiger partial charge in [0.2, 0.25) is 0 Å². The van der Waals surface area contributed by atoms with Crippen LogP contribution in [0.15, 0.2) is 42.6 Å². The van der Waals surface area contributed by atoms with E-state index in [1.807, 2.05) is 19.9 Å². The van der Waals surface area contributed by atoms with Crippen LogP contribution >= 0.6 is 0 Å². The van der Waals surface area contributed by atoms with Crippen LogP contribution in [0.25, 0.3) is 0 Å². The van der Waals surface area contributed by atoms with E-state index in [0.717, 1.165) is 11.3 Å². The highest BCUT2D eigenvalue weighted by atomic mass is 19.1. The quantitative estimate of drug-likeness (QED) is 0.890. The molecule has 0 bridgehead atoms. The van der Waals surface area contributed by atoms with Crippen LogP contribution < -0.4 is 5.32 Å². The first-order valence-electron chi connectivity index (χ1n) is 7.37. The van der Waals surface area contributed by atoms with Crippen LogP contribution in [0.5, 0.6) is 0 Å². The van der Waals surface area contributed by atoms with Crippen molar-refractivity contribution in [3.63, 3.8) is 0 Å². The molecule has 2 aromatic rings. The number of carbonyl (C=O) groups excluding carboxylic acids is 1. The van der Waals surface area contributed by atoms with Crippen molar-refractivity contribution in [1.29, 1.82) is 0 Å². The van der Waals surface area contributed by atoms with Crippen LogP contribution in [0.3, 0.4) is 0 Å². The van der Waals surface area contributed by atoms with Gasteiger partial charge in [0.25, 0.3) is 5.91 Å². The Morgan fingerprint density at radius 1 is 1.18 bits per heavy atom. The minimum Gasteiger partial charge on any atom is -0.381 e. The second-order valence-electron chi connectivity index (χ2n) is 4.89. The molecule has 0 aliphatic carbocycles. The Hall–Kier alpha value is -2.43. The average Bonchev–Trinajstić information content (AvgIpc) is 2.55. The Morgan fingerprint density at radius 2 is 1.86 bits per heavy atom. The first-order valence-corrected chi connectivity index (χ1v) is 7.37. The number of hydrogen-bond donors (Lipinski definition) is 1. The summed E-state index contributed by atoms with van der Waals surface area (Å²) in [4.78, 5) is 18.1. The topological polar surface area (TPSA) is 45.2 Å². The molecule has 2 rings (SSSR count). The van der Waals surface area contributed by atoms with Gasteiger partial charge in [-0.05, 0) is 43.7 Å². The number of hydrogen-bond acceptors (Lipinski definition) is 3. The highest BCUT2D eigenvalue weighted by Gasteiger charge is 2.13. The summed E-state index contributed by atoms with van der Waals surface area (Å²) in [6.45, 7) is 5.76. The van der Waals surface area contributed by atoms with Gasteiger partial charge in [0.1, 0.15) is 11.5 Å². The summed E-state index contributed by atoms with van der Waals surface area (Å²) in [7, 11) is 0. The molecular formula is C17H20FN3O. The van der Waals surface area contributed by atoms with E-state index in [2.05, 4.69) is 10.3 Å². The molecule has 0 saturated heterocycles. The van der Waals surface area contributed by atoms with E-state index >= 15 is 0 Å². The van der Waals surface area contributed by atoms with Gasteiger partial charge in [-0.2, -0.15) is 0 Å². The molecule has 0 fully saturated rings. The largest absolute Gasteiger partial charge is 0.381 e. The molecule has 1 aromatic heterocycles. The number of anilines is 1. The lowest BCUT2D eigenvalue weighted by Gasteiger charge is -2.18. The summed E-state index contributed by atoms with van der Waals surface area (Å²) in [6.07, 6.45) is 1.61.